The number of H-pyrrole nitrogens is 1. The van der Waals surface area contributed by atoms with Gasteiger partial charge in [0.25, 0.3) is 5.91 Å². The van der Waals surface area contributed by atoms with Gasteiger partial charge in [0.1, 0.15) is 0 Å². The number of fused-ring (bicyclic) bond motifs is 2. The van der Waals surface area contributed by atoms with Crippen molar-refractivity contribution in [3.8, 4) is 11.3 Å². The van der Waals surface area contributed by atoms with Gasteiger partial charge in [-0.05, 0) is 74.4 Å². The Kier molecular flexibility index (Phi) is 5.30. The van der Waals surface area contributed by atoms with Crippen LogP contribution in [0.15, 0.2) is 36.4 Å². The lowest BCUT2D eigenvalue weighted by atomic mass is 9.96. The molecule has 2 aliphatic rings. The number of hydrogen-bond donors (Lipinski definition) is 3. The molecule has 31 heavy (non-hydrogen) atoms. The van der Waals surface area contributed by atoms with Crippen LogP contribution in [0.2, 0.25) is 0 Å². The highest BCUT2D eigenvalue weighted by Crippen LogP contribution is 2.33. The lowest BCUT2D eigenvalue weighted by molar-refractivity contribution is 0.0668. The van der Waals surface area contributed by atoms with Gasteiger partial charge in [-0.3, -0.25) is 9.69 Å². The van der Waals surface area contributed by atoms with Crippen LogP contribution in [0.1, 0.15) is 39.9 Å². The van der Waals surface area contributed by atoms with E-state index in [1.807, 2.05) is 0 Å². The van der Waals surface area contributed by atoms with Gasteiger partial charge >= 0.3 is 0 Å². The van der Waals surface area contributed by atoms with Crippen LogP contribution in [0.4, 0.5) is 0 Å². The fourth-order valence-electron chi connectivity index (χ4n) is 4.97. The largest absolute Gasteiger partial charge is 0.392 e. The van der Waals surface area contributed by atoms with E-state index in [0.29, 0.717) is 6.54 Å². The zero-order valence-corrected chi connectivity index (χ0v) is 18.2. The molecule has 5 rings (SSSR count). The number of benzene rings is 2. The molecule has 2 aromatic carbocycles. The number of aliphatic hydroxyl groups is 1. The van der Waals surface area contributed by atoms with E-state index in [9.17, 15) is 9.90 Å². The fourth-order valence-corrected chi connectivity index (χ4v) is 4.97. The summed E-state index contributed by atoms with van der Waals surface area (Å²) in [4.78, 5) is 20.6. The van der Waals surface area contributed by atoms with Gasteiger partial charge < -0.3 is 20.3 Å². The number of rotatable bonds is 5. The third-order valence-electron chi connectivity index (χ3n) is 6.31. The first-order chi connectivity index (χ1) is 15.0. The second kappa shape index (κ2) is 8.11. The standard InChI is InChI=1S/C25H30N4O2/c1-28(2)13-17-9-19-12-26-25(31)24(19)21(10-17)23-11-18-8-16(5-6-22(18)27-23)14-29-7-3-4-20(30)15-29/h5-6,8-11,20,27,30H,3-4,7,12-15H2,1-2H3,(H,26,31). The molecule has 1 unspecified atom stereocenters. The highest BCUT2D eigenvalue weighted by molar-refractivity contribution is 6.05. The topological polar surface area (TPSA) is 71.6 Å². The molecule has 0 radical (unpaired) electrons. The maximum atomic E-state index is 12.5. The third kappa shape index (κ3) is 4.11. The normalized spacial score (nSPS) is 19.2. The molecular formula is C25H30N4O2. The van der Waals surface area contributed by atoms with Crippen LogP contribution in [-0.4, -0.2) is 59.1 Å². The smallest absolute Gasteiger partial charge is 0.252 e. The summed E-state index contributed by atoms with van der Waals surface area (Å²) in [6.45, 7) is 4.06. The monoisotopic (exact) mass is 418 g/mol. The highest BCUT2D eigenvalue weighted by atomic mass is 16.3. The number of carbonyl (C=O) groups excluding carboxylic acids is 1. The molecule has 2 aliphatic heterocycles. The van der Waals surface area contributed by atoms with Crippen molar-refractivity contribution in [2.75, 3.05) is 27.2 Å². The molecule has 0 saturated carbocycles. The Morgan fingerprint density at radius 2 is 2.03 bits per heavy atom. The van der Waals surface area contributed by atoms with E-state index in [0.717, 1.165) is 72.3 Å². The van der Waals surface area contributed by atoms with E-state index >= 15 is 0 Å². The van der Waals surface area contributed by atoms with E-state index in [4.69, 9.17) is 0 Å². The van der Waals surface area contributed by atoms with Crippen LogP contribution >= 0.6 is 0 Å². The summed E-state index contributed by atoms with van der Waals surface area (Å²) in [5.41, 5.74) is 7.34. The SMILES string of the molecule is CN(C)Cc1cc2c(c(-c3cc4cc(CN5CCCC(O)C5)ccc4[nH]3)c1)C(=O)NC2. The summed E-state index contributed by atoms with van der Waals surface area (Å²) in [5, 5.41) is 14.1. The van der Waals surface area contributed by atoms with Crippen LogP contribution in [0, 0.1) is 0 Å². The van der Waals surface area contributed by atoms with Crippen LogP contribution in [-0.2, 0) is 19.6 Å². The van der Waals surface area contributed by atoms with Crippen molar-refractivity contribution in [1.82, 2.24) is 20.1 Å². The molecule has 0 bridgehead atoms. The highest BCUT2D eigenvalue weighted by Gasteiger charge is 2.25. The first kappa shape index (κ1) is 20.2. The van der Waals surface area contributed by atoms with Gasteiger partial charge in [-0.2, -0.15) is 0 Å². The summed E-state index contributed by atoms with van der Waals surface area (Å²) in [7, 11) is 4.12. The lowest BCUT2D eigenvalue weighted by Crippen LogP contribution is -2.37. The van der Waals surface area contributed by atoms with Gasteiger partial charge in [0.15, 0.2) is 0 Å². The van der Waals surface area contributed by atoms with E-state index in [1.165, 1.54) is 11.1 Å². The average molecular weight is 419 g/mol. The Hall–Kier alpha value is -2.67. The quantitative estimate of drug-likeness (QED) is 0.596. The lowest BCUT2D eigenvalue weighted by Gasteiger charge is -2.29. The number of carbonyl (C=O) groups is 1. The second-order valence-electron chi connectivity index (χ2n) is 9.23. The number of nitrogens with zero attached hydrogens (tertiary/aromatic N) is 2. The molecule has 0 aliphatic carbocycles. The van der Waals surface area contributed by atoms with Crippen LogP contribution < -0.4 is 5.32 Å². The van der Waals surface area contributed by atoms with Crippen LogP contribution in [0.3, 0.4) is 0 Å². The molecule has 1 amide bonds. The maximum Gasteiger partial charge on any atom is 0.252 e. The van der Waals surface area contributed by atoms with Crippen molar-refractivity contribution >= 4 is 16.8 Å². The van der Waals surface area contributed by atoms with Crippen molar-refractivity contribution in [1.29, 1.82) is 0 Å². The number of amides is 1. The second-order valence-corrected chi connectivity index (χ2v) is 9.23. The summed E-state index contributed by atoms with van der Waals surface area (Å²) in [6.07, 6.45) is 1.74. The van der Waals surface area contributed by atoms with Gasteiger partial charge in [-0.25, -0.2) is 0 Å². The maximum absolute atomic E-state index is 12.5. The van der Waals surface area contributed by atoms with Gasteiger partial charge in [-0.15, -0.1) is 0 Å². The van der Waals surface area contributed by atoms with Crippen molar-refractivity contribution < 1.29 is 9.90 Å². The molecule has 3 aromatic rings. The number of piperidine rings is 1. The average Bonchev–Trinajstić information content (AvgIpc) is 3.30. The molecule has 162 valence electrons. The Labute approximate surface area is 182 Å². The molecule has 1 aromatic heterocycles. The van der Waals surface area contributed by atoms with E-state index in [1.54, 1.807) is 0 Å². The third-order valence-corrected chi connectivity index (χ3v) is 6.31. The minimum atomic E-state index is -0.209. The summed E-state index contributed by atoms with van der Waals surface area (Å²) in [5.74, 6) is 0.00408. The number of aromatic amines is 1. The number of likely N-dealkylation sites (tertiary alicyclic amines) is 1. The Bertz CT molecular complexity index is 1130. The number of hydrogen-bond acceptors (Lipinski definition) is 4. The molecule has 1 fully saturated rings. The first-order valence-corrected chi connectivity index (χ1v) is 11.1. The van der Waals surface area contributed by atoms with Gasteiger partial charge in [0.2, 0.25) is 0 Å². The van der Waals surface area contributed by atoms with Crippen LogP contribution in [0.5, 0.6) is 0 Å². The summed E-state index contributed by atoms with van der Waals surface area (Å²) in [6, 6.07) is 12.9. The fraction of sp³-hybridized carbons (Fsp3) is 0.400. The number of nitrogens with one attached hydrogen (secondary N) is 2. The molecule has 1 atom stereocenters. The summed E-state index contributed by atoms with van der Waals surface area (Å²) < 4.78 is 0. The Morgan fingerprint density at radius 3 is 2.84 bits per heavy atom. The van der Waals surface area contributed by atoms with E-state index < -0.39 is 0 Å². The van der Waals surface area contributed by atoms with Gasteiger partial charge in [-0.1, -0.05) is 12.1 Å². The number of β-amino-alcohol motifs (C(OH)–C–C–N with tert-alkyl or cyclic N) is 1. The molecule has 3 N–H and O–H groups in total. The molecule has 3 heterocycles. The minimum absolute atomic E-state index is 0.00408. The predicted molar refractivity (Wildman–Crippen MR) is 123 cm³/mol. The van der Waals surface area contributed by atoms with Crippen LogP contribution in [0.25, 0.3) is 22.2 Å². The van der Waals surface area contributed by atoms with Crippen molar-refractivity contribution in [2.24, 2.45) is 0 Å². The molecule has 6 nitrogen and oxygen atoms in total. The Morgan fingerprint density at radius 1 is 1.16 bits per heavy atom. The van der Waals surface area contributed by atoms with Gasteiger partial charge in [0.05, 0.1) is 11.7 Å². The number of aliphatic hydroxyl groups excluding tert-OH is 1. The van der Waals surface area contributed by atoms with Gasteiger partial charge in [0, 0.05) is 48.3 Å². The zero-order valence-electron chi connectivity index (χ0n) is 18.2. The van der Waals surface area contributed by atoms with Crippen molar-refractivity contribution in [3.05, 3.63) is 58.7 Å². The van der Waals surface area contributed by atoms with E-state index in [-0.39, 0.29) is 12.0 Å². The first-order valence-electron chi connectivity index (χ1n) is 11.1. The Balaban J connectivity index is 1.49. The molecule has 0 spiro atoms. The molecule has 1 saturated heterocycles. The zero-order chi connectivity index (χ0) is 21.5. The van der Waals surface area contributed by atoms with Crippen molar-refractivity contribution in [3.63, 3.8) is 0 Å². The molecular weight excluding hydrogens is 388 g/mol. The van der Waals surface area contributed by atoms with E-state index in [2.05, 4.69) is 70.6 Å². The van der Waals surface area contributed by atoms with Crippen molar-refractivity contribution in [2.45, 2.75) is 38.6 Å². The number of aromatic nitrogens is 1. The minimum Gasteiger partial charge on any atom is -0.392 e. The summed E-state index contributed by atoms with van der Waals surface area (Å²) >= 11 is 0. The molecule has 6 heteroatoms. The predicted octanol–water partition coefficient (Wildman–Crippen LogP) is 3.10.